The summed E-state index contributed by atoms with van der Waals surface area (Å²) in [6.07, 6.45) is 4.82. The summed E-state index contributed by atoms with van der Waals surface area (Å²) in [5.41, 5.74) is 2.18. The lowest BCUT2D eigenvalue weighted by atomic mass is 10.0. The van der Waals surface area contributed by atoms with E-state index >= 15 is 0 Å². The van der Waals surface area contributed by atoms with Crippen molar-refractivity contribution in [3.05, 3.63) is 53.9 Å². The Morgan fingerprint density at radius 1 is 1.18 bits per heavy atom. The van der Waals surface area contributed by atoms with Gasteiger partial charge in [-0.3, -0.25) is 4.79 Å². The van der Waals surface area contributed by atoms with Crippen molar-refractivity contribution in [3.63, 3.8) is 0 Å². The lowest BCUT2D eigenvalue weighted by molar-refractivity contribution is 0.0911. The highest BCUT2D eigenvalue weighted by molar-refractivity contribution is 5.96. The van der Waals surface area contributed by atoms with Gasteiger partial charge in [0.2, 0.25) is 0 Å². The third-order valence-electron chi connectivity index (χ3n) is 5.57. The van der Waals surface area contributed by atoms with Crippen molar-refractivity contribution in [2.75, 3.05) is 11.9 Å². The van der Waals surface area contributed by atoms with E-state index in [0.29, 0.717) is 11.3 Å². The quantitative estimate of drug-likeness (QED) is 0.809. The van der Waals surface area contributed by atoms with Crippen LogP contribution in [-0.4, -0.2) is 33.5 Å². The van der Waals surface area contributed by atoms with E-state index in [1.54, 1.807) is 24.3 Å². The molecule has 3 rings (SSSR count). The third-order valence-corrected chi connectivity index (χ3v) is 5.57. The Morgan fingerprint density at radius 3 is 2.50 bits per heavy atom. The van der Waals surface area contributed by atoms with E-state index in [9.17, 15) is 9.59 Å². The number of aromatic nitrogens is 1. The second-order valence-electron chi connectivity index (χ2n) is 8.09. The first kappa shape index (κ1) is 20.0. The van der Waals surface area contributed by atoms with E-state index in [2.05, 4.69) is 21.3 Å². The molecule has 1 aromatic heterocycles. The molecule has 2 aromatic rings. The first-order valence-corrected chi connectivity index (χ1v) is 9.92. The second-order valence-corrected chi connectivity index (χ2v) is 8.09. The average molecular weight is 383 g/mol. The predicted molar refractivity (Wildman–Crippen MR) is 111 cm³/mol. The van der Waals surface area contributed by atoms with Crippen LogP contribution < -0.4 is 10.6 Å². The molecule has 1 fully saturated rings. The molecule has 2 N–H and O–H groups in total. The van der Waals surface area contributed by atoms with Crippen LogP contribution in [-0.2, 0) is 7.05 Å². The minimum Gasteiger partial charge on any atom is -0.353 e. The number of aryl methyl sites for hydroxylation is 1. The summed E-state index contributed by atoms with van der Waals surface area (Å²) in [4.78, 5) is 27.1. The van der Waals surface area contributed by atoms with Crippen LogP contribution in [0, 0.1) is 0 Å². The second kappa shape index (κ2) is 8.09. The number of anilines is 1. The highest BCUT2D eigenvalue weighted by atomic mass is 16.2. The molecule has 0 bridgehead atoms. The number of rotatable bonds is 5. The highest BCUT2D eigenvalue weighted by Crippen LogP contribution is 2.32. The molecule has 150 valence electrons. The van der Waals surface area contributed by atoms with Crippen LogP contribution in [0.1, 0.15) is 62.1 Å². The van der Waals surface area contributed by atoms with Crippen molar-refractivity contribution in [3.8, 4) is 0 Å². The molecule has 1 unspecified atom stereocenters. The van der Waals surface area contributed by atoms with Crippen LogP contribution in [0.2, 0.25) is 0 Å². The summed E-state index contributed by atoms with van der Waals surface area (Å²) in [6.45, 7) is 6.78. The van der Waals surface area contributed by atoms with Gasteiger partial charge in [0.05, 0.1) is 6.04 Å². The normalized spacial score (nSPS) is 16.9. The molecular formula is C22H30N4O2. The van der Waals surface area contributed by atoms with Gasteiger partial charge < -0.3 is 20.1 Å². The number of urea groups is 1. The maximum absolute atomic E-state index is 12.8. The van der Waals surface area contributed by atoms with Gasteiger partial charge in [0.25, 0.3) is 5.91 Å². The fraction of sp³-hybridized carbons (Fsp3) is 0.455. The zero-order valence-corrected chi connectivity index (χ0v) is 17.2. The van der Waals surface area contributed by atoms with Gasteiger partial charge in [0, 0.05) is 42.3 Å². The van der Waals surface area contributed by atoms with Crippen LogP contribution in [0.3, 0.4) is 0 Å². The summed E-state index contributed by atoms with van der Waals surface area (Å²) < 4.78 is 2.07. The Balaban J connectivity index is 1.64. The molecule has 0 spiro atoms. The van der Waals surface area contributed by atoms with Gasteiger partial charge in [-0.15, -0.1) is 0 Å². The maximum Gasteiger partial charge on any atom is 0.322 e. The van der Waals surface area contributed by atoms with Gasteiger partial charge in [0.1, 0.15) is 0 Å². The number of carbonyl (C=O) groups excluding carboxylic acids is 2. The molecule has 1 aromatic carbocycles. The average Bonchev–Trinajstić information content (AvgIpc) is 3.30. The van der Waals surface area contributed by atoms with Crippen LogP contribution in [0.5, 0.6) is 0 Å². The number of nitrogens with zero attached hydrogens (tertiary/aromatic N) is 2. The fourth-order valence-corrected chi connectivity index (χ4v) is 3.51. The Kier molecular flexibility index (Phi) is 5.77. The van der Waals surface area contributed by atoms with E-state index in [4.69, 9.17) is 0 Å². The topological polar surface area (TPSA) is 66.4 Å². The molecule has 6 nitrogen and oxygen atoms in total. The first-order valence-electron chi connectivity index (χ1n) is 9.92. The molecule has 0 saturated carbocycles. The van der Waals surface area contributed by atoms with Gasteiger partial charge in [-0.25, -0.2) is 4.79 Å². The molecule has 3 amide bonds. The number of benzene rings is 1. The van der Waals surface area contributed by atoms with Crippen molar-refractivity contribution in [2.24, 2.45) is 7.05 Å². The lowest BCUT2D eigenvalue weighted by Gasteiger charge is -2.26. The molecular weight excluding hydrogens is 352 g/mol. The molecule has 0 radical (unpaired) electrons. The Hall–Kier alpha value is -2.76. The predicted octanol–water partition coefficient (Wildman–Crippen LogP) is 4.31. The number of nitrogens with one attached hydrogen (secondary N) is 2. The van der Waals surface area contributed by atoms with E-state index in [1.807, 2.05) is 45.0 Å². The summed E-state index contributed by atoms with van der Waals surface area (Å²) >= 11 is 0. The van der Waals surface area contributed by atoms with Crippen molar-refractivity contribution >= 4 is 17.6 Å². The van der Waals surface area contributed by atoms with Crippen LogP contribution in [0.4, 0.5) is 10.5 Å². The minimum atomic E-state index is -0.244. The lowest BCUT2D eigenvalue weighted by Crippen LogP contribution is -2.42. The molecule has 1 aliphatic heterocycles. The standard InChI is InChI=1S/C22H30N4O2/c1-5-22(2,3)24-20(27)16-10-12-17(13-11-16)23-21(28)26-15-7-9-19(26)18-8-6-14-25(18)4/h6,8,10-14,19H,5,7,9,15H2,1-4H3,(H,23,28)(H,24,27). The number of amides is 3. The molecule has 2 heterocycles. The summed E-state index contributed by atoms with van der Waals surface area (Å²) in [7, 11) is 2.01. The Morgan fingerprint density at radius 2 is 1.89 bits per heavy atom. The monoisotopic (exact) mass is 382 g/mol. The van der Waals surface area contributed by atoms with Gasteiger partial charge in [0.15, 0.2) is 0 Å². The maximum atomic E-state index is 12.8. The van der Waals surface area contributed by atoms with Gasteiger partial charge in [-0.05, 0) is 69.5 Å². The third kappa shape index (κ3) is 4.38. The van der Waals surface area contributed by atoms with Crippen molar-refractivity contribution < 1.29 is 9.59 Å². The van der Waals surface area contributed by atoms with Crippen molar-refractivity contribution in [1.29, 1.82) is 0 Å². The molecule has 0 aliphatic carbocycles. The van der Waals surface area contributed by atoms with Gasteiger partial charge in [-0.2, -0.15) is 0 Å². The van der Waals surface area contributed by atoms with Crippen LogP contribution in [0.15, 0.2) is 42.6 Å². The summed E-state index contributed by atoms with van der Waals surface area (Å²) in [6, 6.07) is 11.1. The van der Waals surface area contributed by atoms with Crippen LogP contribution in [0.25, 0.3) is 0 Å². The number of carbonyl (C=O) groups is 2. The summed E-state index contributed by atoms with van der Waals surface area (Å²) in [5.74, 6) is -0.104. The molecule has 28 heavy (non-hydrogen) atoms. The first-order chi connectivity index (χ1) is 13.3. The van der Waals surface area contributed by atoms with E-state index in [1.165, 1.54) is 0 Å². The van der Waals surface area contributed by atoms with E-state index in [0.717, 1.165) is 31.5 Å². The van der Waals surface area contributed by atoms with Gasteiger partial charge in [-0.1, -0.05) is 6.92 Å². The van der Waals surface area contributed by atoms with E-state index < -0.39 is 0 Å². The zero-order valence-electron chi connectivity index (χ0n) is 17.2. The Labute approximate surface area is 166 Å². The number of hydrogen-bond donors (Lipinski definition) is 2. The van der Waals surface area contributed by atoms with Crippen molar-refractivity contribution in [1.82, 2.24) is 14.8 Å². The van der Waals surface area contributed by atoms with Crippen LogP contribution >= 0.6 is 0 Å². The fourth-order valence-electron chi connectivity index (χ4n) is 3.51. The molecule has 1 saturated heterocycles. The largest absolute Gasteiger partial charge is 0.353 e. The van der Waals surface area contributed by atoms with E-state index in [-0.39, 0.29) is 23.5 Å². The SMILES string of the molecule is CCC(C)(C)NC(=O)c1ccc(NC(=O)N2CCCC2c2cccn2C)cc1. The number of hydrogen-bond acceptors (Lipinski definition) is 2. The summed E-state index contributed by atoms with van der Waals surface area (Å²) in [5, 5.41) is 5.98. The molecule has 6 heteroatoms. The molecule has 1 aliphatic rings. The van der Waals surface area contributed by atoms with Crippen molar-refractivity contribution in [2.45, 2.75) is 51.6 Å². The smallest absolute Gasteiger partial charge is 0.322 e. The highest BCUT2D eigenvalue weighted by Gasteiger charge is 2.31. The number of likely N-dealkylation sites (tertiary alicyclic amines) is 1. The minimum absolute atomic E-state index is 0.0985. The molecule has 1 atom stereocenters. The zero-order chi connectivity index (χ0) is 20.3. The Bertz CT molecular complexity index is 838. The van der Waals surface area contributed by atoms with Gasteiger partial charge >= 0.3 is 6.03 Å².